The standard InChI is InChI=1S/C19H22N2O2/c1-20-18-8-7-16(21-9-11-23-12-10-21)14-17(18)19(22)13-15-5-3-2-4-6-15/h2-8,14,20H,9-13H2,1H3. The van der Waals surface area contributed by atoms with E-state index in [4.69, 9.17) is 4.74 Å². The van der Waals surface area contributed by atoms with Gasteiger partial charge < -0.3 is 15.0 Å². The number of carbonyl (C=O) groups is 1. The highest BCUT2D eigenvalue weighted by molar-refractivity contribution is 6.03. The number of hydrogen-bond acceptors (Lipinski definition) is 4. The molecule has 0 atom stereocenters. The number of Topliss-reactive ketones (excluding diaryl/α,β-unsaturated/α-hetero) is 1. The van der Waals surface area contributed by atoms with Crippen LogP contribution in [0.2, 0.25) is 0 Å². The fourth-order valence-corrected chi connectivity index (χ4v) is 2.88. The van der Waals surface area contributed by atoms with Gasteiger partial charge in [0, 0.05) is 43.5 Å². The van der Waals surface area contributed by atoms with Gasteiger partial charge in [0.15, 0.2) is 5.78 Å². The topological polar surface area (TPSA) is 41.6 Å². The van der Waals surface area contributed by atoms with E-state index in [1.54, 1.807) is 0 Å². The number of carbonyl (C=O) groups excluding carboxylic acids is 1. The highest BCUT2D eigenvalue weighted by Gasteiger charge is 2.16. The van der Waals surface area contributed by atoms with Gasteiger partial charge in [0.05, 0.1) is 13.2 Å². The molecule has 0 amide bonds. The van der Waals surface area contributed by atoms with E-state index in [2.05, 4.69) is 16.3 Å². The summed E-state index contributed by atoms with van der Waals surface area (Å²) in [4.78, 5) is 15.0. The summed E-state index contributed by atoms with van der Waals surface area (Å²) in [7, 11) is 1.85. The Balaban J connectivity index is 1.85. The lowest BCUT2D eigenvalue weighted by Crippen LogP contribution is -2.36. The quantitative estimate of drug-likeness (QED) is 0.862. The highest BCUT2D eigenvalue weighted by Crippen LogP contribution is 2.25. The summed E-state index contributed by atoms with van der Waals surface area (Å²) >= 11 is 0. The first-order valence-corrected chi connectivity index (χ1v) is 7.99. The van der Waals surface area contributed by atoms with Crippen LogP contribution in [-0.2, 0) is 11.2 Å². The SMILES string of the molecule is CNc1ccc(N2CCOCC2)cc1C(=O)Cc1ccccc1. The molecule has 0 radical (unpaired) electrons. The summed E-state index contributed by atoms with van der Waals surface area (Å²) in [6.45, 7) is 3.21. The van der Waals surface area contributed by atoms with E-state index in [-0.39, 0.29) is 5.78 Å². The number of ether oxygens (including phenoxy) is 1. The van der Waals surface area contributed by atoms with Gasteiger partial charge >= 0.3 is 0 Å². The van der Waals surface area contributed by atoms with Crippen molar-refractivity contribution in [1.82, 2.24) is 0 Å². The van der Waals surface area contributed by atoms with E-state index in [0.29, 0.717) is 6.42 Å². The Labute approximate surface area is 137 Å². The van der Waals surface area contributed by atoms with E-state index in [1.807, 2.05) is 49.5 Å². The number of nitrogens with zero attached hydrogens (tertiary/aromatic N) is 1. The van der Waals surface area contributed by atoms with Gasteiger partial charge in [-0.25, -0.2) is 0 Å². The Morgan fingerprint density at radius 3 is 2.57 bits per heavy atom. The molecule has 1 aliphatic rings. The molecule has 0 aromatic heterocycles. The third kappa shape index (κ3) is 3.71. The molecule has 1 aliphatic heterocycles. The molecular weight excluding hydrogens is 288 g/mol. The molecule has 1 saturated heterocycles. The van der Waals surface area contributed by atoms with Crippen molar-refractivity contribution in [2.24, 2.45) is 0 Å². The average molecular weight is 310 g/mol. The Hall–Kier alpha value is -2.33. The number of nitrogens with one attached hydrogen (secondary N) is 1. The van der Waals surface area contributed by atoms with Crippen LogP contribution >= 0.6 is 0 Å². The summed E-state index contributed by atoms with van der Waals surface area (Å²) < 4.78 is 5.40. The Morgan fingerprint density at radius 1 is 1.13 bits per heavy atom. The maximum atomic E-state index is 12.7. The van der Waals surface area contributed by atoms with E-state index < -0.39 is 0 Å². The zero-order chi connectivity index (χ0) is 16.1. The van der Waals surface area contributed by atoms with Crippen LogP contribution in [0.5, 0.6) is 0 Å². The van der Waals surface area contributed by atoms with Crippen molar-refractivity contribution in [1.29, 1.82) is 0 Å². The summed E-state index contributed by atoms with van der Waals surface area (Å²) in [5, 5.41) is 3.13. The largest absolute Gasteiger partial charge is 0.388 e. The molecule has 0 unspecified atom stereocenters. The Bertz CT molecular complexity index is 664. The van der Waals surface area contributed by atoms with E-state index in [9.17, 15) is 4.79 Å². The van der Waals surface area contributed by atoms with Gasteiger partial charge in [-0.15, -0.1) is 0 Å². The summed E-state index contributed by atoms with van der Waals surface area (Å²) in [5.41, 5.74) is 3.75. The van der Waals surface area contributed by atoms with Crippen LogP contribution in [0.15, 0.2) is 48.5 Å². The first kappa shape index (κ1) is 15.6. The lowest BCUT2D eigenvalue weighted by molar-refractivity contribution is 0.0993. The van der Waals surface area contributed by atoms with Crippen molar-refractivity contribution < 1.29 is 9.53 Å². The lowest BCUT2D eigenvalue weighted by atomic mass is 10.0. The molecule has 0 saturated carbocycles. The first-order chi connectivity index (χ1) is 11.3. The molecule has 23 heavy (non-hydrogen) atoms. The number of anilines is 2. The van der Waals surface area contributed by atoms with E-state index in [1.165, 1.54) is 0 Å². The van der Waals surface area contributed by atoms with Crippen molar-refractivity contribution in [3.63, 3.8) is 0 Å². The number of hydrogen-bond donors (Lipinski definition) is 1. The van der Waals surface area contributed by atoms with Crippen molar-refractivity contribution >= 4 is 17.2 Å². The van der Waals surface area contributed by atoms with Crippen LogP contribution in [0.3, 0.4) is 0 Å². The minimum Gasteiger partial charge on any atom is -0.388 e. The number of rotatable bonds is 5. The minimum atomic E-state index is 0.135. The third-order valence-electron chi connectivity index (χ3n) is 4.16. The first-order valence-electron chi connectivity index (χ1n) is 7.99. The predicted octanol–water partition coefficient (Wildman–Crippen LogP) is 2.99. The third-order valence-corrected chi connectivity index (χ3v) is 4.16. The average Bonchev–Trinajstić information content (AvgIpc) is 2.62. The summed E-state index contributed by atoms with van der Waals surface area (Å²) in [6, 6.07) is 15.9. The number of ketones is 1. The van der Waals surface area contributed by atoms with Crippen molar-refractivity contribution in [3.05, 3.63) is 59.7 Å². The van der Waals surface area contributed by atoms with Crippen molar-refractivity contribution in [2.75, 3.05) is 43.6 Å². The van der Waals surface area contributed by atoms with Crippen LogP contribution in [0.25, 0.3) is 0 Å². The fraction of sp³-hybridized carbons (Fsp3) is 0.316. The van der Waals surface area contributed by atoms with Crippen LogP contribution in [0.1, 0.15) is 15.9 Å². The van der Waals surface area contributed by atoms with Gasteiger partial charge in [-0.1, -0.05) is 30.3 Å². The second-order valence-electron chi connectivity index (χ2n) is 5.66. The van der Waals surface area contributed by atoms with E-state index >= 15 is 0 Å². The molecule has 2 aromatic carbocycles. The fourth-order valence-electron chi connectivity index (χ4n) is 2.88. The second kappa shape index (κ2) is 7.29. The van der Waals surface area contributed by atoms with Gasteiger partial charge in [0.1, 0.15) is 0 Å². The molecule has 0 spiro atoms. The lowest BCUT2D eigenvalue weighted by Gasteiger charge is -2.29. The maximum Gasteiger partial charge on any atom is 0.169 e. The molecule has 120 valence electrons. The molecular formula is C19H22N2O2. The molecule has 2 aromatic rings. The molecule has 0 aliphatic carbocycles. The van der Waals surface area contributed by atoms with Gasteiger partial charge in [-0.05, 0) is 23.8 Å². The number of benzene rings is 2. The Kier molecular flexibility index (Phi) is 4.93. The van der Waals surface area contributed by atoms with Crippen molar-refractivity contribution in [3.8, 4) is 0 Å². The van der Waals surface area contributed by atoms with Crippen LogP contribution in [0, 0.1) is 0 Å². The second-order valence-corrected chi connectivity index (χ2v) is 5.66. The molecule has 1 fully saturated rings. The highest BCUT2D eigenvalue weighted by atomic mass is 16.5. The van der Waals surface area contributed by atoms with Crippen molar-refractivity contribution in [2.45, 2.75) is 6.42 Å². The molecule has 4 heteroatoms. The molecule has 0 bridgehead atoms. The van der Waals surface area contributed by atoms with Crippen LogP contribution in [0.4, 0.5) is 11.4 Å². The smallest absolute Gasteiger partial charge is 0.169 e. The summed E-state index contributed by atoms with van der Waals surface area (Å²) in [5.74, 6) is 0.135. The number of morpholine rings is 1. The normalized spacial score (nSPS) is 14.6. The van der Waals surface area contributed by atoms with Gasteiger partial charge in [-0.3, -0.25) is 4.79 Å². The monoisotopic (exact) mass is 310 g/mol. The Morgan fingerprint density at radius 2 is 1.87 bits per heavy atom. The zero-order valence-corrected chi connectivity index (χ0v) is 13.4. The zero-order valence-electron chi connectivity index (χ0n) is 13.4. The summed E-state index contributed by atoms with van der Waals surface area (Å²) in [6.07, 6.45) is 0.419. The maximum absolute atomic E-state index is 12.7. The van der Waals surface area contributed by atoms with Crippen LogP contribution in [-0.4, -0.2) is 39.1 Å². The molecule has 1 N–H and O–H groups in total. The van der Waals surface area contributed by atoms with E-state index in [0.717, 1.165) is 48.8 Å². The van der Waals surface area contributed by atoms with Gasteiger partial charge in [-0.2, -0.15) is 0 Å². The molecule has 4 nitrogen and oxygen atoms in total. The predicted molar refractivity (Wildman–Crippen MR) is 93.5 cm³/mol. The van der Waals surface area contributed by atoms with Crippen LogP contribution < -0.4 is 10.2 Å². The van der Waals surface area contributed by atoms with Gasteiger partial charge in [0.2, 0.25) is 0 Å². The molecule has 1 heterocycles. The molecule has 3 rings (SSSR count). The van der Waals surface area contributed by atoms with Gasteiger partial charge in [0.25, 0.3) is 0 Å². The minimum absolute atomic E-state index is 0.135.